The Hall–Kier alpha value is -0.850. The Kier molecular flexibility index (Phi) is 22.2. The van der Waals surface area contributed by atoms with Crippen LogP contribution in [0.25, 0.3) is 0 Å². The number of unbranched alkanes of at least 4 members (excludes halogenated alkanes) is 21. The van der Waals surface area contributed by atoms with Gasteiger partial charge in [0, 0.05) is 18.6 Å². The molecule has 0 aliphatic carbocycles. The van der Waals surface area contributed by atoms with Crippen LogP contribution in [0.2, 0.25) is 0 Å². The Morgan fingerprint density at radius 3 is 1.15 bits per heavy atom. The second-order valence-electron chi connectivity index (χ2n) is 10.6. The van der Waals surface area contributed by atoms with E-state index in [1.807, 2.05) is 0 Å². The SMILES string of the molecule is CCCCCCCCCCCCCCCCCCC[n+]1ccc(CCCCCCCC)cc1. The van der Waals surface area contributed by atoms with Crippen LogP contribution in [-0.2, 0) is 13.0 Å². The summed E-state index contributed by atoms with van der Waals surface area (Å²) in [7, 11) is 0. The first-order valence-corrected chi connectivity index (χ1v) is 15.3. The van der Waals surface area contributed by atoms with E-state index in [4.69, 9.17) is 0 Å². The van der Waals surface area contributed by atoms with E-state index in [0.717, 1.165) is 0 Å². The first kappa shape index (κ1) is 30.2. The number of aryl methyl sites for hydroxylation is 2. The maximum absolute atomic E-state index is 2.38. The molecule has 0 aliphatic rings. The zero-order chi connectivity index (χ0) is 23.7. The molecule has 0 aromatic carbocycles. The monoisotopic (exact) mass is 458 g/mol. The fourth-order valence-corrected chi connectivity index (χ4v) is 4.93. The van der Waals surface area contributed by atoms with Crippen molar-refractivity contribution in [1.82, 2.24) is 0 Å². The van der Waals surface area contributed by atoms with Crippen LogP contribution < -0.4 is 4.57 Å². The van der Waals surface area contributed by atoms with Crippen molar-refractivity contribution in [2.75, 3.05) is 0 Å². The smallest absolute Gasteiger partial charge is 0.169 e. The van der Waals surface area contributed by atoms with Crippen LogP contribution in [-0.4, -0.2) is 0 Å². The number of hydrogen-bond acceptors (Lipinski definition) is 0. The Morgan fingerprint density at radius 2 is 0.758 bits per heavy atom. The van der Waals surface area contributed by atoms with Gasteiger partial charge >= 0.3 is 0 Å². The summed E-state index contributed by atoms with van der Waals surface area (Å²) < 4.78 is 2.38. The number of aromatic nitrogens is 1. The van der Waals surface area contributed by atoms with Crippen molar-refractivity contribution < 1.29 is 4.57 Å². The zero-order valence-electron chi connectivity index (χ0n) is 22.9. The molecule has 1 aromatic rings. The fraction of sp³-hybridized carbons (Fsp3) is 0.844. The van der Waals surface area contributed by atoms with Crippen LogP contribution in [0.15, 0.2) is 24.5 Å². The van der Waals surface area contributed by atoms with Crippen molar-refractivity contribution in [3.8, 4) is 0 Å². The van der Waals surface area contributed by atoms with E-state index in [2.05, 4.69) is 42.9 Å². The number of rotatable bonds is 25. The van der Waals surface area contributed by atoms with E-state index in [0.29, 0.717) is 0 Å². The molecule has 1 heterocycles. The molecule has 0 saturated heterocycles. The Labute approximate surface area is 209 Å². The van der Waals surface area contributed by atoms with Gasteiger partial charge in [-0.05, 0) is 24.8 Å². The number of pyridine rings is 1. The van der Waals surface area contributed by atoms with Gasteiger partial charge in [-0.15, -0.1) is 0 Å². The predicted molar refractivity (Wildman–Crippen MR) is 148 cm³/mol. The summed E-state index contributed by atoms with van der Waals surface area (Å²) in [6.07, 6.45) is 38.8. The van der Waals surface area contributed by atoms with Gasteiger partial charge in [0.1, 0.15) is 6.54 Å². The maximum atomic E-state index is 2.38. The minimum atomic E-state index is 1.19. The lowest BCUT2D eigenvalue weighted by Crippen LogP contribution is -2.32. The van der Waals surface area contributed by atoms with Crippen LogP contribution >= 0.6 is 0 Å². The summed E-state index contributed by atoms with van der Waals surface area (Å²) >= 11 is 0. The average molecular weight is 459 g/mol. The third-order valence-electron chi connectivity index (χ3n) is 7.30. The molecule has 0 amide bonds. The van der Waals surface area contributed by atoms with Crippen molar-refractivity contribution in [2.24, 2.45) is 0 Å². The lowest BCUT2D eigenvalue weighted by atomic mass is 10.0. The Morgan fingerprint density at radius 1 is 0.424 bits per heavy atom. The average Bonchev–Trinajstić information content (AvgIpc) is 2.84. The predicted octanol–water partition coefficient (Wildman–Crippen LogP) is 10.5. The molecule has 0 aliphatic heterocycles. The third kappa shape index (κ3) is 20.3. The van der Waals surface area contributed by atoms with Crippen LogP contribution in [0.3, 0.4) is 0 Å². The van der Waals surface area contributed by atoms with E-state index >= 15 is 0 Å². The van der Waals surface area contributed by atoms with E-state index in [9.17, 15) is 0 Å². The van der Waals surface area contributed by atoms with Crippen molar-refractivity contribution in [3.05, 3.63) is 30.1 Å². The molecule has 0 bridgehead atoms. The van der Waals surface area contributed by atoms with Crippen LogP contribution in [0.1, 0.15) is 167 Å². The highest BCUT2D eigenvalue weighted by atomic mass is 14.9. The molecule has 1 nitrogen and oxygen atoms in total. The van der Waals surface area contributed by atoms with Gasteiger partial charge in [0.25, 0.3) is 0 Å². The zero-order valence-corrected chi connectivity index (χ0v) is 22.9. The molecule has 33 heavy (non-hydrogen) atoms. The lowest BCUT2D eigenvalue weighted by molar-refractivity contribution is -0.697. The van der Waals surface area contributed by atoms with Gasteiger partial charge < -0.3 is 0 Å². The second-order valence-corrected chi connectivity index (χ2v) is 10.6. The van der Waals surface area contributed by atoms with Gasteiger partial charge in [-0.3, -0.25) is 0 Å². The summed E-state index contributed by atoms with van der Waals surface area (Å²) in [5, 5.41) is 0. The molecule has 0 unspecified atom stereocenters. The molecule has 0 saturated carbocycles. The lowest BCUT2D eigenvalue weighted by Gasteiger charge is -2.04. The molecule has 0 N–H and O–H groups in total. The topological polar surface area (TPSA) is 3.88 Å². The highest BCUT2D eigenvalue weighted by molar-refractivity contribution is 5.07. The van der Waals surface area contributed by atoms with Crippen LogP contribution in [0.4, 0.5) is 0 Å². The molecular formula is C32H60N+. The second kappa shape index (κ2) is 24.3. The van der Waals surface area contributed by atoms with Gasteiger partial charge in [0.2, 0.25) is 0 Å². The molecular weight excluding hydrogens is 398 g/mol. The number of hydrogen-bond donors (Lipinski definition) is 0. The van der Waals surface area contributed by atoms with Crippen molar-refractivity contribution >= 4 is 0 Å². The Bertz CT molecular complexity index is 492. The molecule has 1 rings (SSSR count). The highest BCUT2D eigenvalue weighted by Crippen LogP contribution is 2.14. The van der Waals surface area contributed by atoms with E-state index < -0.39 is 0 Å². The van der Waals surface area contributed by atoms with E-state index in [1.54, 1.807) is 0 Å². The molecule has 0 atom stereocenters. The molecule has 1 heteroatoms. The molecule has 1 aromatic heterocycles. The minimum Gasteiger partial charge on any atom is -0.205 e. The molecule has 0 radical (unpaired) electrons. The minimum absolute atomic E-state index is 1.19. The Balaban J connectivity index is 1.82. The van der Waals surface area contributed by atoms with Crippen molar-refractivity contribution in [1.29, 1.82) is 0 Å². The molecule has 0 fully saturated rings. The summed E-state index contributed by atoms with van der Waals surface area (Å²) in [6, 6.07) is 4.69. The number of nitrogens with zero attached hydrogens (tertiary/aromatic N) is 1. The summed E-state index contributed by atoms with van der Waals surface area (Å²) in [6.45, 7) is 5.78. The van der Waals surface area contributed by atoms with Crippen LogP contribution in [0.5, 0.6) is 0 Å². The largest absolute Gasteiger partial charge is 0.205 e. The third-order valence-corrected chi connectivity index (χ3v) is 7.30. The van der Waals surface area contributed by atoms with E-state index in [1.165, 1.54) is 166 Å². The summed E-state index contributed by atoms with van der Waals surface area (Å²) in [5.74, 6) is 0. The first-order chi connectivity index (χ1) is 16.4. The van der Waals surface area contributed by atoms with Gasteiger partial charge in [0.15, 0.2) is 12.4 Å². The van der Waals surface area contributed by atoms with Crippen molar-refractivity contribution in [2.45, 2.75) is 174 Å². The normalized spacial score (nSPS) is 11.3. The van der Waals surface area contributed by atoms with Gasteiger partial charge in [0.05, 0.1) is 0 Å². The molecule has 192 valence electrons. The van der Waals surface area contributed by atoms with Gasteiger partial charge in [-0.2, -0.15) is 0 Å². The first-order valence-electron chi connectivity index (χ1n) is 15.3. The van der Waals surface area contributed by atoms with E-state index in [-0.39, 0.29) is 0 Å². The highest BCUT2D eigenvalue weighted by Gasteiger charge is 2.02. The van der Waals surface area contributed by atoms with Crippen molar-refractivity contribution in [3.63, 3.8) is 0 Å². The van der Waals surface area contributed by atoms with Gasteiger partial charge in [-0.1, -0.05) is 142 Å². The quantitative estimate of drug-likeness (QED) is 0.101. The maximum Gasteiger partial charge on any atom is 0.169 e. The fourth-order valence-electron chi connectivity index (χ4n) is 4.93. The standard InChI is InChI=1S/C32H60N/c1-3-5-7-9-11-12-13-14-15-16-17-18-19-20-21-23-25-29-33-30-27-32(28-31-33)26-24-22-10-8-6-4-2/h27-28,30-31H,3-26,29H2,1-2H3/q+1. The summed E-state index contributed by atoms with van der Waals surface area (Å²) in [5.41, 5.74) is 1.52. The van der Waals surface area contributed by atoms with Gasteiger partial charge in [-0.25, -0.2) is 4.57 Å². The summed E-state index contributed by atoms with van der Waals surface area (Å²) in [4.78, 5) is 0. The molecule has 0 spiro atoms. The van der Waals surface area contributed by atoms with Crippen LogP contribution in [0, 0.1) is 0 Å².